The van der Waals surface area contributed by atoms with Crippen molar-refractivity contribution in [3.05, 3.63) is 53.8 Å². The molecular weight excluding hydrogens is 406 g/mol. The minimum atomic E-state index is 0.0398. The number of thioether (sulfide) groups is 1. The Kier molecular flexibility index (Phi) is 6.46. The fourth-order valence-electron chi connectivity index (χ4n) is 3.52. The van der Waals surface area contributed by atoms with E-state index in [0.29, 0.717) is 27.8 Å². The van der Waals surface area contributed by atoms with Gasteiger partial charge >= 0.3 is 0 Å². The van der Waals surface area contributed by atoms with Crippen molar-refractivity contribution in [3.8, 4) is 17.1 Å². The highest BCUT2D eigenvalue weighted by molar-refractivity contribution is 7.99. The van der Waals surface area contributed by atoms with Crippen LogP contribution in [0.1, 0.15) is 32.1 Å². The van der Waals surface area contributed by atoms with Gasteiger partial charge in [0.15, 0.2) is 11.0 Å². The number of nitrogens with zero attached hydrogens (tertiary/aromatic N) is 4. The zero-order valence-corrected chi connectivity index (χ0v) is 17.5. The maximum Gasteiger partial charge on any atom is 0.230 e. The molecule has 2 aromatic heterocycles. The van der Waals surface area contributed by atoms with Gasteiger partial charge < -0.3 is 5.32 Å². The molecule has 0 saturated heterocycles. The third kappa shape index (κ3) is 4.97. The van der Waals surface area contributed by atoms with Crippen molar-refractivity contribution in [3.63, 3.8) is 0 Å². The number of hydrogen-bond acceptors (Lipinski definition) is 5. The fourth-order valence-corrected chi connectivity index (χ4v) is 4.41. The molecule has 1 fully saturated rings. The Morgan fingerprint density at radius 1 is 1.07 bits per heavy atom. The zero-order valence-electron chi connectivity index (χ0n) is 15.9. The number of aromatic nitrogens is 4. The first kappa shape index (κ1) is 19.9. The lowest BCUT2D eigenvalue weighted by molar-refractivity contribution is -0.119. The molecule has 0 radical (unpaired) electrons. The van der Waals surface area contributed by atoms with Crippen molar-refractivity contribution in [2.45, 2.75) is 43.3 Å². The Hall–Kier alpha value is -2.38. The molecular formula is C21H22ClN5OS. The van der Waals surface area contributed by atoms with Crippen LogP contribution >= 0.6 is 23.4 Å². The molecule has 0 unspecified atom stereocenters. The lowest BCUT2D eigenvalue weighted by Crippen LogP contribution is -2.37. The lowest BCUT2D eigenvalue weighted by atomic mass is 9.95. The van der Waals surface area contributed by atoms with Gasteiger partial charge in [0.2, 0.25) is 5.91 Å². The minimum absolute atomic E-state index is 0.0398. The van der Waals surface area contributed by atoms with E-state index in [-0.39, 0.29) is 5.91 Å². The van der Waals surface area contributed by atoms with Crippen LogP contribution in [0, 0.1) is 0 Å². The van der Waals surface area contributed by atoms with Crippen molar-refractivity contribution in [2.24, 2.45) is 0 Å². The topological polar surface area (TPSA) is 72.7 Å². The van der Waals surface area contributed by atoms with Gasteiger partial charge in [0.25, 0.3) is 0 Å². The molecule has 150 valence electrons. The van der Waals surface area contributed by atoms with Crippen molar-refractivity contribution >= 4 is 29.3 Å². The molecule has 3 aromatic rings. The Balaban J connectivity index is 1.55. The van der Waals surface area contributed by atoms with Gasteiger partial charge in [0.05, 0.1) is 5.75 Å². The summed E-state index contributed by atoms with van der Waals surface area (Å²) in [4.78, 5) is 16.5. The smallest absolute Gasteiger partial charge is 0.230 e. The van der Waals surface area contributed by atoms with Gasteiger partial charge in [-0.15, -0.1) is 10.2 Å². The normalized spacial score (nSPS) is 14.7. The molecule has 0 aliphatic heterocycles. The van der Waals surface area contributed by atoms with E-state index in [4.69, 9.17) is 11.6 Å². The highest BCUT2D eigenvalue weighted by atomic mass is 35.5. The average molecular weight is 428 g/mol. The van der Waals surface area contributed by atoms with Crippen LogP contribution in [0.15, 0.2) is 53.9 Å². The predicted molar refractivity (Wildman–Crippen MR) is 115 cm³/mol. The largest absolute Gasteiger partial charge is 0.353 e. The highest BCUT2D eigenvalue weighted by Gasteiger charge is 2.19. The van der Waals surface area contributed by atoms with E-state index in [2.05, 4.69) is 20.5 Å². The molecule has 1 aliphatic rings. The molecule has 1 N–H and O–H groups in total. The Morgan fingerprint density at radius 3 is 2.52 bits per heavy atom. The first-order chi connectivity index (χ1) is 14.2. The molecule has 4 rings (SSSR count). The van der Waals surface area contributed by atoms with Crippen LogP contribution in [0.5, 0.6) is 0 Å². The summed E-state index contributed by atoms with van der Waals surface area (Å²) >= 11 is 7.45. The summed E-state index contributed by atoms with van der Waals surface area (Å²) < 4.78 is 1.95. The van der Waals surface area contributed by atoms with Gasteiger partial charge in [-0.25, -0.2) is 0 Å². The third-order valence-corrected chi connectivity index (χ3v) is 6.14. The lowest BCUT2D eigenvalue weighted by Gasteiger charge is -2.22. The van der Waals surface area contributed by atoms with E-state index < -0.39 is 0 Å². The van der Waals surface area contributed by atoms with Gasteiger partial charge in [-0.3, -0.25) is 14.3 Å². The van der Waals surface area contributed by atoms with Gasteiger partial charge in [0, 0.05) is 34.7 Å². The van der Waals surface area contributed by atoms with Gasteiger partial charge in [-0.05, 0) is 49.2 Å². The van der Waals surface area contributed by atoms with Crippen molar-refractivity contribution in [1.82, 2.24) is 25.1 Å². The second-order valence-corrected chi connectivity index (χ2v) is 8.42. The first-order valence-electron chi connectivity index (χ1n) is 9.74. The van der Waals surface area contributed by atoms with Crippen LogP contribution in [0.2, 0.25) is 5.02 Å². The second kappa shape index (κ2) is 9.41. The van der Waals surface area contributed by atoms with Crippen LogP contribution in [-0.4, -0.2) is 37.5 Å². The number of carbonyl (C=O) groups excluding carboxylic acids is 1. The third-order valence-electron chi connectivity index (χ3n) is 4.96. The van der Waals surface area contributed by atoms with E-state index in [1.165, 1.54) is 31.0 Å². The molecule has 1 aromatic carbocycles. The Morgan fingerprint density at radius 2 is 1.79 bits per heavy atom. The summed E-state index contributed by atoms with van der Waals surface area (Å²) in [7, 11) is 0. The summed E-state index contributed by atoms with van der Waals surface area (Å²) in [6.07, 6.45) is 9.24. The fraction of sp³-hybridized carbons (Fsp3) is 0.333. The van der Waals surface area contributed by atoms with Gasteiger partial charge in [-0.2, -0.15) is 0 Å². The van der Waals surface area contributed by atoms with Crippen LogP contribution in [0.3, 0.4) is 0 Å². The Labute approximate surface area is 179 Å². The number of hydrogen-bond donors (Lipinski definition) is 1. The number of rotatable bonds is 6. The molecule has 0 bridgehead atoms. The second-order valence-electron chi connectivity index (χ2n) is 7.05. The van der Waals surface area contributed by atoms with Gasteiger partial charge in [-0.1, -0.05) is 42.6 Å². The molecule has 1 amide bonds. The van der Waals surface area contributed by atoms with E-state index >= 15 is 0 Å². The molecule has 29 heavy (non-hydrogen) atoms. The van der Waals surface area contributed by atoms with Crippen LogP contribution < -0.4 is 5.32 Å². The number of pyridine rings is 1. The summed E-state index contributed by atoms with van der Waals surface area (Å²) in [5.41, 5.74) is 1.79. The zero-order chi connectivity index (χ0) is 20.1. The first-order valence-corrected chi connectivity index (χ1v) is 11.1. The van der Waals surface area contributed by atoms with E-state index in [1.54, 1.807) is 12.4 Å². The SMILES string of the molecule is O=C(CSc1nnc(-c2ccncc2)n1-c1ccc(Cl)cc1)NC1CCCCC1. The molecule has 2 heterocycles. The number of halogens is 1. The average Bonchev–Trinajstić information content (AvgIpc) is 3.18. The molecule has 1 saturated carbocycles. The van der Waals surface area contributed by atoms with Crippen LogP contribution in [0.4, 0.5) is 0 Å². The number of nitrogens with one attached hydrogen (secondary N) is 1. The predicted octanol–water partition coefficient (Wildman–Crippen LogP) is 4.52. The standard InChI is InChI=1S/C21H22ClN5OS/c22-16-6-8-18(9-7-16)27-20(15-10-12-23-13-11-15)25-26-21(27)29-14-19(28)24-17-4-2-1-3-5-17/h6-13,17H,1-5,14H2,(H,24,28). The molecule has 8 heteroatoms. The van der Waals surface area contributed by atoms with E-state index in [0.717, 1.165) is 24.1 Å². The summed E-state index contributed by atoms with van der Waals surface area (Å²) in [5.74, 6) is 1.04. The summed E-state index contributed by atoms with van der Waals surface area (Å²) in [6, 6.07) is 11.6. The molecule has 0 spiro atoms. The maximum absolute atomic E-state index is 12.4. The molecule has 0 atom stereocenters. The minimum Gasteiger partial charge on any atom is -0.353 e. The number of carbonyl (C=O) groups is 1. The maximum atomic E-state index is 12.4. The van der Waals surface area contributed by atoms with Crippen molar-refractivity contribution < 1.29 is 4.79 Å². The van der Waals surface area contributed by atoms with Crippen molar-refractivity contribution in [1.29, 1.82) is 0 Å². The van der Waals surface area contributed by atoms with Crippen molar-refractivity contribution in [2.75, 3.05) is 5.75 Å². The van der Waals surface area contributed by atoms with E-state index in [9.17, 15) is 4.79 Å². The summed E-state index contributed by atoms with van der Waals surface area (Å²) in [6.45, 7) is 0. The number of amides is 1. The molecule has 6 nitrogen and oxygen atoms in total. The van der Waals surface area contributed by atoms with E-state index in [1.807, 2.05) is 41.0 Å². The van der Waals surface area contributed by atoms with Crippen LogP contribution in [-0.2, 0) is 4.79 Å². The quantitative estimate of drug-likeness (QED) is 0.585. The molecule has 1 aliphatic carbocycles. The van der Waals surface area contributed by atoms with Gasteiger partial charge in [0.1, 0.15) is 0 Å². The Bertz CT molecular complexity index is 955. The van der Waals surface area contributed by atoms with Crippen LogP contribution in [0.25, 0.3) is 17.1 Å². The summed E-state index contributed by atoms with van der Waals surface area (Å²) in [5, 5.41) is 13.2. The highest BCUT2D eigenvalue weighted by Crippen LogP contribution is 2.28. The number of benzene rings is 1. The monoisotopic (exact) mass is 427 g/mol.